The summed E-state index contributed by atoms with van der Waals surface area (Å²) in [7, 11) is -1.51. The Kier molecular flexibility index (Phi) is 12.5. The van der Waals surface area contributed by atoms with E-state index in [9.17, 15) is 18.0 Å². The number of carbonyl (C=O) groups excluding carboxylic acids is 2. The van der Waals surface area contributed by atoms with Crippen LogP contribution in [0, 0.1) is 0 Å². The Morgan fingerprint density at radius 3 is 2.15 bits per heavy atom. The second-order valence-corrected chi connectivity index (χ2v) is 14.2. The van der Waals surface area contributed by atoms with Gasteiger partial charge >= 0.3 is 0 Å². The van der Waals surface area contributed by atoms with Crippen LogP contribution in [-0.4, -0.2) is 58.0 Å². The zero-order valence-corrected chi connectivity index (χ0v) is 29.1. The van der Waals surface area contributed by atoms with E-state index in [0.29, 0.717) is 32.8 Å². The Labute approximate surface area is 285 Å². The number of nitrogens with one attached hydrogen (secondary N) is 1. The quantitative estimate of drug-likeness (QED) is 0.203. The molecule has 248 valence electrons. The van der Waals surface area contributed by atoms with Gasteiger partial charge in [-0.2, -0.15) is 0 Å². The van der Waals surface area contributed by atoms with Gasteiger partial charge < -0.3 is 19.7 Å². The summed E-state index contributed by atoms with van der Waals surface area (Å²) >= 11 is 18.8. The van der Waals surface area contributed by atoms with Crippen molar-refractivity contribution in [3.05, 3.63) is 81.3 Å². The first-order valence-electron chi connectivity index (χ1n) is 15.0. The zero-order chi connectivity index (χ0) is 33.4. The number of rotatable bonds is 13. The summed E-state index contributed by atoms with van der Waals surface area (Å²) < 4.78 is 40.1. The molecule has 1 N–H and O–H groups in total. The summed E-state index contributed by atoms with van der Waals surface area (Å²) in [5, 5.41) is 4.26. The van der Waals surface area contributed by atoms with Gasteiger partial charge in [0, 0.05) is 33.7 Å². The van der Waals surface area contributed by atoms with Crippen molar-refractivity contribution < 1.29 is 27.5 Å². The van der Waals surface area contributed by atoms with E-state index in [4.69, 9.17) is 44.3 Å². The zero-order valence-electron chi connectivity index (χ0n) is 26.0. The molecule has 46 heavy (non-hydrogen) atoms. The normalized spacial score (nSPS) is 14.3. The third-order valence-electron chi connectivity index (χ3n) is 8.03. The number of carbonyl (C=O) groups is 2. The molecule has 0 unspecified atom stereocenters. The highest BCUT2D eigenvalue weighted by molar-refractivity contribution is 7.92. The summed E-state index contributed by atoms with van der Waals surface area (Å²) in [6.45, 7) is 1.15. The first-order valence-corrected chi connectivity index (χ1v) is 17.6. The molecule has 4 rings (SSSR count). The first-order chi connectivity index (χ1) is 22.0. The molecule has 1 fully saturated rings. The fourth-order valence-corrected chi connectivity index (χ4v) is 7.56. The number of anilines is 1. The number of methoxy groups -OCH3 is 2. The molecule has 0 radical (unpaired) electrons. The molecule has 1 atom stereocenters. The van der Waals surface area contributed by atoms with E-state index < -0.39 is 28.5 Å². The predicted molar refractivity (Wildman–Crippen MR) is 182 cm³/mol. The fourth-order valence-electron chi connectivity index (χ4n) is 5.54. The first kappa shape index (κ1) is 35.7. The summed E-state index contributed by atoms with van der Waals surface area (Å²) in [4.78, 5) is 29.4. The molecule has 0 bridgehead atoms. The minimum Gasteiger partial charge on any atom is -0.493 e. The van der Waals surface area contributed by atoms with E-state index in [1.807, 2.05) is 6.92 Å². The third-order valence-corrected chi connectivity index (χ3v) is 10.6. The maximum atomic E-state index is 14.4. The van der Waals surface area contributed by atoms with Crippen LogP contribution in [-0.2, 0) is 26.2 Å². The maximum absolute atomic E-state index is 14.4. The highest BCUT2D eigenvalue weighted by atomic mass is 35.5. The smallest absolute Gasteiger partial charge is 0.264 e. The lowest BCUT2D eigenvalue weighted by Gasteiger charge is -2.34. The van der Waals surface area contributed by atoms with Crippen LogP contribution in [0.4, 0.5) is 5.69 Å². The summed E-state index contributed by atoms with van der Waals surface area (Å²) in [5.74, 6) is -0.351. The van der Waals surface area contributed by atoms with Gasteiger partial charge in [0.25, 0.3) is 10.0 Å². The van der Waals surface area contributed by atoms with Gasteiger partial charge in [-0.3, -0.25) is 13.9 Å². The lowest BCUT2D eigenvalue weighted by Crippen LogP contribution is -2.54. The number of amides is 2. The topological polar surface area (TPSA) is 105 Å². The minimum atomic E-state index is -4.35. The van der Waals surface area contributed by atoms with Crippen LogP contribution in [0.2, 0.25) is 15.1 Å². The number of benzene rings is 3. The summed E-state index contributed by atoms with van der Waals surface area (Å²) in [5.41, 5.74) is 0.765. The number of ether oxygens (including phenoxy) is 2. The van der Waals surface area contributed by atoms with Crippen LogP contribution < -0.4 is 19.1 Å². The van der Waals surface area contributed by atoms with Crippen LogP contribution in [0.1, 0.15) is 51.0 Å². The van der Waals surface area contributed by atoms with Gasteiger partial charge in [-0.05, 0) is 73.4 Å². The number of nitrogens with zero attached hydrogens (tertiary/aromatic N) is 2. The van der Waals surface area contributed by atoms with Gasteiger partial charge in [0.1, 0.15) is 12.6 Å². The lowest BCUT2D eigenvalue weighted by atomic mass is 9.95. The Morgan fingerprint density at radius 1 is 0.891 bits per heavy atom. The van der Waals surface area contributed by atoms with E-state index in [0.717, 1.165) is 36.4 Å². The van der Waals surface area contributed by atoms with E-state index in [1.54, 1.807) is 18.2 Å². The molecule has 1 saturated carbocycles. The van der Waals surface area contributed by atoms with Crippen molar-refractivity contribution in [2.45, 2.75) is 69.0 Å². The monoisotopic (exact) mass is 709 g/mol. The Morgan fingerprint density at radius 2 is 1.54 bits per heavy atom. The molecule has 1 aliphatic carbocycles. The van der Waals surface area contributed by atoms with Crippen LogP contribution in [0.3, 0.4) is 0 Å². The molecule has 1 aliphatic rings. The number of hydrogen-bond acceptors (Lipinski definition) is 6. The average molecular weight is 711 g/mol. The number of halogens is 3. The summed E-state index contributed by atoms with van der Waals surface area (Å²) in [6, 6.07) is 14.3. The van der Waals surface area contributed by atoms with E-state index in [-0.39, 0.29) is 34.8 Å². The summed E-state index contributed by atoms with van der Waals surface area (Å²) in [6.07, 6.45) is 5.20. The molecule has 9 nitrogen and oxygen atoms in total. The molecule has 0 spiro atoms. The van der Waals surface area contributed by atoms with Crippen LogP contribution in [0.15, 0.2) is 65.6 Å². The van der Waals surface area contributed by atoms with Crippen LogP contribution in [0.25, 0.3) is 0 Å². The molecular weight excluding hydrogens is 673 g/mol. The molecule has 13 heteroatoms. The van der Waals surface area contributed by atoms with Crippen LogP contribution in [0.5, 0.6) is 11.5 Å². The second kappa shape index (κ2) is 16.1. The second-order valence-electron chi connectivity index (χ2n) is 11.0. The molecule has 0 aromatic heterocycles. The van der Waals surface area contributed by atoms with Crippen molar-refractivity contribution >= 4 is 62.3 Å². The molecule has 0 saturated heterocycles. The Hall–Kier alpha value is -3.18. The van der Waals surface area contributed by atoms with Gasteiger partial charge in [-0.15, -0.1) is 0 Å². The molecule has 0 heterocycles. The van der Waals surface area contributed by atoms with Crippen molar-refractivity contribution in [2.75, 3.05) is 25.1 Å². The predicted octanol–water partition coefficient (Wildman–Crippen LogP) is 7.12. The Balaban J connectivity index is 1.75. The molecule has 0 aliphatic heterocycles. The highest BCUT2D eigenvalue weighted by Gasteiger charge is 2.35. The number of hydrogen-bond donors (Lipinski definition) is 1. The van der Waals surface area contributed by atoms with Crippen molar-refractivity contribution in [3.63, 3.8) is 0 Å². The third kappa shape index (κ3) is 8.59. The van der Waals surface area contributed by atoms with Gasteiger partial charge in [0.05, 0.1) is 24.8 Å². The van der Waals surface area contributed by atoms with Crippen LogP contribution >= 0.6 is 34.8 Å². The lowest BCUT2D eigenvalue weighted by molar-refractivity contribution is -0.140. The molecular formula is C33H38Cl3N3O6S. The maximum Gasteiger partial charge on any atom is 0.264 e. The minimum absolute atomic E-state index is 0.0161. The SMILES string of the molecule is CC[C@@H](C(=O)NC1CCCCC1)N(Cc1ccc(Cl)cc1Cl)C(=O)CN(c1ccc(Cl)cc1)S(=O)(=O)c1ccc(OC)c(OC)c1. The van der Waals surface area contributed by atoms with E-state index in [1.165, 1.54) is 61.6 Å². The van der Waals surface area contributed by atoms with E-state index in [2.05, 4.69) is 5.32 Å². The average Bonchev–Trinajstić information content (AvgIpc) is 3.04. The highest BCUT2D eigenvalue weighted by Crippen LogP contribution is 2.33. The van der Waals surface area contributed by atoms with Crippen molar-refractivity contribution in [2.24, 2.45) is 0 Å². The molecule has 3 aromatic rings. The van der Waals surface area contributed by atoms with Gasteiger partial charge in [0.15, 0.2) is 11.5 Å². The molecule has 2 amide bonds. The van der Waals surface area contributed by atoms with Crippen molar-refractivity contribution in [1.82, 2.24) is 10.2 Å². The Bertz CT molecular complexity index is 1630. The standard InChI is InChI=1S/C33H38Cl3N3O6S/c1-4-29(33(41)37-25-8-6-5-7-9-25)38(20-22-10-11-24(35)18-28(22)36)32(40)21-39(26-14-12-23(34)13-15-26)46(42,43)27-16-17-30(44-2)31(19-27)45-3/h10-19,25,29H,4-9,20-21H2,1-3H3,(H,37,41)/t29-/m0/s1. The van der Waals surface area contributed by atoms with E-state index >= 15 is 0 Å². The largest absolute Gasteiger partial charge is 0.493 e. The fraction of sp³-hybridized carbons (Fsp3) is 0.394. The van der Waals surface area contributed by atoms with Crippen molar-refractivity contribution in [3.8, 4) is 11.5 Å². The van der Waals surface area contributed by atoms with Gasteiger partial charge in [0.2, 0.25) is 11.8 Å². The molecule has 3 aromatic carbocycles. The van der Waals surface area contributed by atoms with Crippen molar-refractivity contribution in [1.29, 1.82) is 0 Å². The van der Waals surface area contributed by atoms with Gasteiger partial charge in [-0.25, -0.2) is 8.42 Å². The number of sulfonamides is 1. The van der Waals surface area contributed by atoms with Gasteiger partial charge in [-0.1, -0.05) is 67.1 Å².